The van der Waals surface area contributed by atoms with E-state index in [-0.39, 0.29) is 5.91 Å². The Balaban J connectivity index is 2.07. The van der Waals surface area contributed by atoms with E-state index in [9.17, 15) is 9.18 Å². The van der Waals surface area contributed by atoms with E-state index in [2.05, 4.69) is 0 Å². The molecule has 0 radical (unpaired) electrons. The van der Waals surface area contributed by atoms with Crippen molar-refractivity contribution in [3.8, 4) is 0 Å². The second-order valence-corrected chi connectivity index (χ2v) is 4.69. The summed E-state index contributed by atoms with van der Waals surface area (Å²) >= 11 is 0. The first-order chi connectivity index (χ1) is 9.60. The Kier molecular flexibility index (Phi) is 4.48. The third kappa shape index (κ3) is 3.42. The first-order valence-electron chi connectivity index (χ1n) is 6.39. The smallest absolute Gasteiger partial charge is 0.253 e. The minimum atomic E-state index is -0.406. The molecule has 1 amide bonds. The number of carbonyl (C=O) groups excluding carboxylic acids is 1. The molecule has 0 aliphatic heterocycles. The molecule has 3 nitrogen and oxygen atoms in total. The SMILES string of the molecule is CN(Cc1ccc(CN)cc1)C(=O)c1cccc(F)c1. The van der Waals surface area contributed by atoms with Gasteiger partial charge in [-0.15, -0.1) is 0 Å². The van der Waals surface area contributed by atoms with E-state index < -0.39 is 5.82 Å². The zero-order valence-corrected chi connectivity index (χ0v) is 11.3. The Bertz CT molecular complexity index is 596. The van der Waals surface area contributed by atoms with E-state index in [1.165, 1.54) is 18.2 Å². The van der Waals surface area contributed by atoms with Gasteiger partial charge in [0.25, 0.3) is 5.91 Å². The van der Waals surface area contributed by atoms with Crippen LogP contribution in [0.4, 0.5) is 4.39 Å². The normalized spacial score (nSPS) is 10.3. The van der Waals surface area contributed by atoms with Gasteiger partial charge in [0.05, 0.1) is 0 Å². The number of carbonyl (C=O) groups is 1. The molecule has 0 heterocycles. The summed E-state index contributed by atoms with van der Waals surface area (Å²) in [7, 11) is 1.70. The zero-order chi connectivity index (χ0) is 14.5. The molecule has 4 heteroatoms. The molecule has 0 spiro atoms. The van der Waals surface area contributed by atoms with E-state index in [0.29, 0.717) is 18.7 Å². The van der Waals surface area contributed by atoms with Crippen LogP contribution in [0.3, 0.4) is 0 Å². The zero-order valence-electron chi connectivity index (χ0n) is 11.3. The molecule has 0 aromatic heterocycles. The van der Waals surface area contributed by atoms with Crippen molar-refractivity contribution in [2.75, 3.05) is 7.05 Å². The van der Waals surface area contributed by atoms with Crippen LogP contribution >= 0.6 is 0 Å². The van der Waals surface area contributed by atoms with Gasteiger partial charge < -0.3 is 10.6 Å². The summed E-state index contributed by atoms with van der Waals surface area (Å²) in [6.07, 6.45) is 0. The van der Waals surface area contributed by atoms with Gasteiger partial charge in [0.2, 0.25) is 0 Å². The fourth-order valence-electron chi connectivity index (χ4n) is 1.97. The van der Waals surface area contributed by atoms with Crippen LogP contribution in [-0.2, 0) is 13.1 Å². The van der Waals surface area contributed by atoms with Crippen LogP contribution in [-0.4, -0.2) is 17.9 Å². The van der Waals surface area contributed by atoms with Crippen molar-refractivity contribution in [2.24, 2.45) is 5.73 Å². The van der Waals surface area contributed by atoms with Gasteiger partial charge in [-0.25, -0.2) is 4.39 Å². The molecule has 0 atom stereocenters. The molecular weight excluding hydrogens is 255 g/mol. The van der Waals surface area contributed by atoms with Crippen molar-refractivity contribution in [2.45, 2.75) is 13.1 Å². The van der Waals surface area contributed by atoms with E-state index >= 15 is 0 Å². The minimum absolute atomic E-state index is 0.201. The van der Waals surface area contributed by atoms with Gasteiger partial charge >= 0.3 is 0 Å². The van der Waals surface area contributed by atoms with E-state index in [0.717, 1.165) is 11.1 Å². The second-order valence-electron chi connectivity index (χ2n) is 4.69. The predicted molar refractivity (Wildman–Crippen MR) is 76.5 cm³/mol. The molecule has 0 saturated carbocycles. The minimum Gasteiger partial charge on any atom is -0.337 e. The average Bonchev–Trinajstić information content (AvgIpc) is 2.47. The molecule has 2 aromatic rings. The van der Waals surface area contributed by atoms with Crippen LogP contribution in [0.15, 0.2) is 48.5 Å². The largest absolute Gasteiger partial charge is 0.337 e. The quantitative estimate of drug-likeness (QED) is 0.929. The standard InChI is InChI=1S/C16H17FN2O/c1-19(11-13-7-5-12(10-18)6-8-13)16(20)14-3-2-4-15(17)9-14/h2-9H,10-11,18H2,1H3. The predicted octanol–water partition coefficient (Wildman–Crippen LogP) is 2.56. The molecule has 0 aliphatic carbocycles. The average molecular weight is 272 g/mol. The van der Waals surface area contributed by atoms with Gasteiger partial charge in [-0.3, -0.25) is 4.79 Å². The number of hydrogen-bond donors (Lipinski definition) is 1. The molecule has 0 fully saturated rings. The molecule has 104 valence electrons. The highest BCUT2D eigenvalue weighted by atomic mass is 19.1. The van der Waals surface area contributed by atoms with Gasteiger partial charge in [0.15, 0.2) is 0 Å². The van der Waals surface area contributed by atoms with Crippen LogP contribution < -0.4 is 5.73 Å². The number of benzene rings is 2. The van der Waals surface area contributed by atoms with Gasteiger partial charge in [-0.05, 0) is 29.3 Å². The Hall–Kier alpha value is -2.20. The first kappa shape index (κ1) is 14.2. The van der Waals surface area contributed by atoms with Crippen LogP contribution in [0.1, 0.15) is 21.5 Å². The molecule has 0 saturated heterocycles. The molecule has 0 unspecified atom stereocenters. The van der Waals surface area contributed by atoms with E-state index in [1.54, 1.807) is 18.0 Å². The van der Waals surface area contributed by atoms with Gasteiger partial charge in [0, 0.05) is 25.7 Å². The Morgan fingerprint density at radius 2 is 1.80 bits per heavy atom. The molecular formula is C16H17FN2O. The van der Waals surface area contributed by atoms with E-state index in [1.807, 2.05) is 24.3 Å². The van der Waals surface area contributed by atoms with Gasteiger partial charge in [0.1, 0.15) is 5.82 Å². The van der Waals surface area contributed by atoms with Crippen molar-refractivity contribution in [1.82, 2.24) is 4.90 Å². The monoisotopic (exact) mass is 272 g/mol. The summed E-state index contributed by atoms with van der Waals surface area (Å²) in [4.78, 5) is 13.7. The van der Waals surface area contributed by atoms with Crippen molar-refractivity contribution in [3.63, 3.8) is 0 Å². The lowest BCUT2D eigenvalue weighted by Gasteiger charge is -2.17. The maximum Gasteiger partial charge on any atom is 0.253 e. The highest BCUT2D eigenvalue weighted by Gasteiger charge is 2.12. The molecule has 0 bridgehead atoms. The fourth-order valence-corrected chi connectivity index (χ4v) is 1.97. The summed E-state index contributed by atoms with van der Waals surface area (Å²) in [6, 6.07) is 13.5. The van der Waals surface area contributed by atoms with Gasteiger partial charge in [-0.2, -0.15) is 0 Å². The number of halogens is 1. The third-order valence-corrected chi connectivity index (χ3v) is 3.10. The summed E-state index contributed by atoms with van der Waals surface area (Å²) in [5.74, 6) is -0.607. The summed E-state index contributed by atoms with van der Waals surface area (Å²) < 4.78 is 13.1. The lowest BCUT2D eigenvalue weighted by molar-refractivity contribution is 0.0784. The number of nitrogens with two attached hydrogens (primary N) is 1. The molecule has 0 aliphatic rings. The highest BCUT2D eigenvalue weighted by molar-refractivity contribution is 5.94. The van der Waals surface area contributed by atoms with Crippen molar-refractivity contribution in [1.29, 1.82) is 0 Å². The second kappa shape index (κ2) is 6.30. The van der Waals surface area contributed by atoms with Crippen molar-refractivity contribution >= 4 is 5.91 Å². The fraction of sp³-hybridized carbons (Fsp3) is 0.188. The Morgan fingerprint density at radius 1 is 1.15 bits per heavy atom. The summed E-state index contributed by atoms with van der Waals surface area (Å²) in [5.41, 5.74) is 7.95. The molecule has 2 aromatic carbocycles. The van der Waals surface area contributed by atoms with Crippen molar-refractivity contribution in [3.05, 3.63) is 71.0 Å². The number of amides is 1. The van der Waals surface area contributed by atoms with Crippen LogP contribution in [0.5, 0.6) is 0 Å². The maximum atomic E-state index is 13.1. The van der Waals surface area contributed by atoms with Crippen LogP contribution in [0, 0.1) is 5.82 Å². The topological polar surface area (TPSA) is 46.3 Å². The maximum absolute atomic E-state index is 13.1. The number of rotatable bonds is 4. The number of nitrogens with zero attached hydrogens (tertiary/aromatic N) is 1. The Labute approximate surface area is 117 Å². The van der Waals surface area contributed by atoms with E-state index in [4.69, 9.17) is 5.73 Å². The number of hydrogen-bond acceptors (Lipinski definition) is 2. The molecule has 20 heavy (non-hydrogen) atoms. The lowest BCUT2D eigenvalue weighted by atomic mass is 10.1. The Morgan fingerprint density at radius 3 is 2.40 bits per heavy atom. The van der Waals surface area contributed by atoms with Gasteiger partial charge in [-0.1, -0.05) is 30.3 Å². The summed E-state index contributed by atoms with van der Waals surface area (Å²) in [5, 5.41) is 0. The highest BCUT2D eigenvalue weighted by Crippen LogP contribution is 2.11. The lowest BCUT2D eigenvalue weighted by Crippen LogP contribution is -2.26. The first-order valence-corrected chi connectivity index (χ1v) is 6.39. The molecule has 2 N–H and O–H groups in total. The van der Waals surface area contributed by atoms with Crippen molar-refractivity contribution < 1.29 is 9.18 Å². The third-order valence-electron chi connectivity index (χ3n) is 3.10. The summed E-state index contributed by atoms with van der Waals surface area (Å²) in [6.45, 7) is 0.971. The molecule has 2 rings (SSSR count). The van der Waals surface area contributed by atoms with Crippen LogP contribution in [0.25, 0.3) is 0 Å². The van der Waals surface area contributed by atoms with Crippen LogP contribution in [0.2, 0.25) is 0 Å².